The van der Waals surface area contributed by atoms with Crippen LogP contribution in [0.2, 0.25) is 0 Å². The van der Waals surface area contributed by atoms with Crippen molar-refractivity contribution in [3.63, 3.8) is 0 Å². The first-order valence-electron chi connectivity index (χ1n) is 5.22. The minimum atomic E-state index is -0.303. The van der Waals surface area contributed by atoms with E-state index in [0.29, 0.717) is 5.56 Å². The lowest BCUT2D eigenvalue weighted by atomic mass is 9.99. The van der Waals surface area contributed by atoms with Gasteiger partial charge in [-0.1, -0.05) is 0 Å². The number of fused-ring (bicyclic) bond motifs is 1. The highest BCUT2D eigenvalue weighted by atomic mass is 35.5. The molecule has 1 aromatic rings. The van der Waals surface area contributed by atoms with E-state index >= 15 is 0 Å². The fourth-order valence-corrected chi connectivity index (χ4v) is 1.89. The van der Waals surface area contributed by atoms with Crippen molar-refractivity contribution in [3.05, 3.63) is 29.3 Å². The summed E-state index contributed by atoms with van der Waals surface area (Å²) in [4.78, 5) is 11.4. The summed E-state index contributed by atoms with van der Waals surface area (Å²) in [5, 5.41) is 3.27. The largest absolute Gasteiger partial charge is 0.465 e. The van der Waals surface area contributed by atoms with Crippen LogP contribution in [-0.4, -0.2) is 32.8 Å². The smallest absolute Gasteiger partial charge is 0.337 e. The Labute approximate surface area is 107 Å². The Morgan fingerprint density at radius 1 is 1.41 bits per heavy atom. The molecule has 1 aromatic carbocycles. The predicted molar refractivity (Wildman–Crippen MR) is 68.0 cm³/mol. The predicted octanol–water partition coefficient (Wildman–Crippen LogP) is 1.88. The molecule has 0 spiro atoms. The maximum Gasteiger partial charge on any atom is 0.337 e. The summed E-state index contributed by atoms with van der Waals surface area (Å²) in [5.41, 5.74) is 2.75. The first kappa shape index (κ1) is 13.8. The average Bonchev–Trinajstić information content (AvgIpc) is 2.36. The highest BCUT2D eigenvalue weighted by Gasteiger charge is 2.19. The van der Waals surface area contributed by atoms with Crippen molar-refractivity contribution < 1.29 is 14.3 Å². The molecule has 1 N–H and O–H groups in total. The van der Waals surface area contributed by atoms with E-state index in [9.17, 15) is 4.79 Å². The Morgan fingerprint density at radius 2 is 2.18 bits per heavy atom. The molecule has 94 valence electrons. The van der Waals surface area contributed by atoms with Crippen LogP contribution in [0.4, 0.5) is 5.69 Å². The molecule has 1 aliphatic rings. The Morgan fingerprint density at radius 3 is 2.82 bits per heavy atom. The quantitative estimate of drug-likeness (QED) is 0.822. The minimum Gasteiger partial charge on any atom is -0.465 e. The SMILES string of the molecule is COC(=O)c1ccc2c(c1)CC(OC)CN2.Cl. The second-order valence-corrected chi connectivity index (χ2v) is 3.81. The van der Waals surface area contributed by atoms with Gasteiger partial charge in [-0.15, -0.1) is 12.4 Å². The van der Waals surface area contributed by atoms with Crippen molar-refractivity contribution in [2.75, 3.05) is 26.1 Å². The van der Waals surface area contributed by atoms with E-state index in [1.165, 1.54) is 7.11 Å². The Kier molecular flexibility index (Phi) is 4.78. The van der Waals surface area contributed by atoms with E-state index in [2.05, 4.69) is 10.1 Å². The number of halogens is 1. The second-order valence-electron chi connectivity index (χ2n) is 3.81. The lowest BCUT2D eigenvalue weighted by Gasteiger charge is -2.25. The Hall–Kier alpha value is -1.26. The summed E-state index contributed by atoms with van der Waals surface area (Å²) in [7, 11) is 3.08. The Balaban J connectivity index is 0.00000144. The van der Waals surface area contributed by atoms with Gasteiger partial charge in [-0.3, -0.25) is 0 Å². The third kappa shape index (κ3) is 2.90. The molecule has 0 fully saturated rings. The molecule has 0 saturated carbocycles. The number of anilines is 1. The standard InChI is InChI=1S/C12H15NO3.ClH/c1-15-10-6-9-5-8(12(14)16-2)3-4-11(9)13-7-10;/h3-5,10,13H,6-7H2,1-2H3;1H. The molecule has 0 saturated heterocycles. The van der Waals surface area contributed by atoms with E-state index < -0.39 is 0 Å². The summed E-state index contributed by atoms with van der Waals surface area (Å²) < 4.78 is 9.99. The van der Waals surface area contributed by atoms with Gasteiger partial charge in [-0.2, -0.15) is 0 Å². The van der Waals surface area contributed by atoms with Gasteiger partial charge in [0.2, 0.25) is 0 Å². The van der Waals surface area contributed by atoms with E-state index in [1.807, 2.05) is 12.1 Å². The highest BCUT2D eigenvalue weighted by molar-refractivity contribution is 5.90. The molecule has 17 heavy (non-hydrogen) atoms. The first-order chi connectivity index (χ1) is 7.74. The summed E-state index contributed by atoms with van der Waals surface area (Å²) in [5.74, 6) is -0.303. The maximum atomic E-state index is 11.4. The van der Waals surface area contributed by atoms with Crippen molar-refractivity contribution in [2.45, 2.75) is 12.5 Å². The molecule has 5 heteroatoms. The molecule has 0 radical (unpaired) electrons. The summed E-state index contributed by atoms with van der Waals surface area (Å²) in [6.07, 6.45) is 0.990. The van der Waals surface area contributed by atoms with Crippen LogP contribution < -0.4 is 5.32 Å². The molecule has 1 unspecified atom stereocenters. The molecule has 0 aliphatic carbocycles. The van der Waals surface area contributed by atoms with Crippen LogP contribution in [0.5, 0.6) is 0 Å². The summed E-state index contributed by atoms with van der Waals surface area (Å²) >= 11 is 0. The molecule has 4 nitrogen and oxygen atoms in total. The first-order valence-corrected chi connectivity index (χ1v) is 5.22. The fourth-order valence-electron chi connectivity index (χ4n) is 1.89. The van der Waals surface area contributed by atoms with Crippen LogP contribution in [0, 0.1) is 0 Å². The minimum absolute atomic E-state index is 0. The number of rotatable bonds is 2. The number of hydrogen-bond donors (Lipinski definition) is 1. The average molecular weight is 258 g/mol. The molecular formula is C12H16ClNO3. The van der Waals surface area contributed by atoms with E-state index in [0.717, 1.165) is 24.2 Å². The number of ether oxygens (including phenoxy) is 2. The van der Waals surface area contributed by atoms with Gasteiger partial charge in [-0.05, 0) is 23.8 Å². The summed E-state index contributed by atoms with van der Waals surface area (Å²) in [6, 6.07) is 5.54. The molecule has 0 bridgehead atoms. The van der Waals surface area contributed by atoms with Crippen LogP contribution >= 0.6 is 12.4 Å². The van der Waals surface area contributed by atoms with E-state index in [4.69, 9.17) is 4.74 Å². The van der Waals surface area contributed by atoms with Crippen molar-refractivity contribution in [1.82, 2.24) is 0 Å². The molecule has 2 rings (SSSR count). The van der Waals surface area contributed by atoms with Crippen molar-refractivity contribution in [2.24, 2.45) is 0 Å². The number of esters is 1. The van der Waals surface area contributed by atoms with Gasteiger partial charge >= 0.3 is 5.97 Å². The maximum absolute atomic E-state index is 11.4. The van der Waals surface area contributed by atoms with Gasteiger partial charge in [-0.25, -0.2) is 4.79 Å². The van der Waals surface area contributed by atoms with Gasteiger partial charge < -0.3 is 14.8 Å². The van der Waals surface area contributed by atoms with Crippen LogP contribution in [0.25, 0.3) is 0 Å². The van der Waals surface area contributed by atoms with Crippen LogP contribution in [0.1, 0.15) is 15.9 Å². The molecule has 1 heterocycles. The van der Waals surface area contributed by atoms with Crippen LogP contribution in [-0.2, 0) is 15.9 Å². The van der Waals surface area contributed by atoms with Gasteiger partial charge in [0.05, 0.1) is 18.8 Å². The zero-order valence-corrected chi connectivity index (χ0v) is 10.7. The van der Waals surface area contributed by atoms with Gasteiger partial charge in [0.25, 0.3) is 0 Å². The number of carbonyl (C=O) groups excluding carboxylic acids is 1. The van der Waals surface area contributed by atoms with E-state index in [1.54, 1.807) is 13.2 Å². The van der Waals surface area contributed by atoms with Crippen molar-refractivity contribution in [1.29, 1.82) is 0 Å². The van der Waals surface area contributed by atoms with E-state index in [-0.39, 0.29) is 24.5 Å². The number of methoxy groups -OCH3 is 2. The zero-order chi connectivity index (χ0) is 11.5. The number of benzene rings is 1. The fraction of sp³-hybridized carbons (Fsp3) is 0.417. The summed E-state index contributed by atoms with van der Waals surface area (Å²) in [6.45, 7) is 0.807. The molecule has 0 amide bonds. The van der Waals surface area contributed by atoms with Crippen molar-refractivity contribution in [3.8, 4) is 0 Å². The molecular weight excluding hydrogens is 242 g/mol. The number of carbonyl (C=O) groups is 1. The number of nitrogens with one attached hydrogen (secondary N) is 1. The number of hydrogen-bond acceptors (Lipinski definition) is 4. The lowest BCUT2D eigenvalue weighted by molar-refractivity contribution is 0.0600. The van der Waals surface area contributed by atoms with Gasteiger partial charge in [0.1, 0.15) is 0 Å². The third-order valence-electron chi connectivity index (χ3n) is 2.83. The highest BCUT2D eigenvalue weighted by Crippen LogP contribution is 2.24. The van der Waals surface area contributed by atoms with Gasteiger partial charge in [0.15, 0.2) is 0 Å². The topological polar surface area (TPSA) is 47.6 Å². The zero-order valence-electron chi connectivity index (χ0n) is 9.86. The molecule has 0 aromatic heterocycles. The van der Waals surface area contributed by atoms with Crippen LogP contribution in [0.15, 0.2) is 18.2 Å². The monoisotopic (exact) mass is 257 g/mol. The lowest BCUT2D eigenvalue weighted by Crippen LogP contribution is -2.29. The normalized spacial score (nSPS) is 17.4. The van der Waals surface area contributed by atoms with Gasteiger partial charge in [0, 0.05) is 25.8 Å². The van der Waals surface area contributed by atoms with Crippen molar-refractivity contribution >= 4 is 24.1 Å². The molecule has 1 aliphatic heterocycles. The third-order valence-corrected chi connectivity index (χ3v) is 2.83. The van der Waals surface area contributed by atoms with Crippen LogP contribution in [0.3, 0.4) is 0 Å². The molecule has 1 atom stereocenters. The Bertz CT molecular complexity index is 409. The second kappa shape index (κ2) is 5.89.